The van der Waals surface area contributed by atoms with E-state index in [9.17, 15) is 19.5 Å². The van der Waals surface area contributed by atoms with Crippen molar-refractivity contribution in [1.82, 2.24) is 16.0 Å². The number of aliphatic hydroxyl groups is 1. The summed E-state index contributed by atoms with van der Waals surface area (Å²) in [6.07, 6.45) is -0.298. The molecule has 1 rings (SSSR count). The van der Waals surface area contributed by atoms with E-state index < -0.39 is 42.5 Å². The number of rotatable bonds is 6. The van der Waals surface area contributed by atoms with Gasteiger partial charge in [0.25, 0.3) is 0 Å². The maximum atomic E-state index is 11.8. The van der Waals surface area contributed by atoms with Crippen LogP contribution in [-0.2, 0) is 14.4 Å². The highest BCUT2D eigenvalue weighted by molar-refractivity contribution is 7.80. The second-order valence-corrected chi connectivity index (χ2v) is 4.57. The molecule has 0 saturated carbocycles. The zero-order valence-corrected chi connectivity index (χ0v) is 11.0. The molecule has 1 fully saturated rings. The molecule has 0 aromatic carbocycles. The first kappa shape index (κ1) is 15.7. The van der Waals surface area contributed by atoms with Crippen LogP contribution in [0.15, 0.2) is 0 Å². The Hall–Kier alpha value is -1.32. The van der Waals surface area contributed by atoms with Crippen LogP contribution in [0, 0.1) is 0 Å². The molecule has 0 spiro atoms. The van der Waals surface area contributed by atoms with E-state index in [2.05, 4.69) is 28.6 Å². The van der Waals surface area contributed by atoms with Gasteiger partial charge in [0.2, 0.25) is 11.8 Å². The molecule has 9 heteroatoms. The monoisotopic (exact) mass is 291 g/mol. The van der Waals surface area contributed by atoms with Crippen molar-refractivity contribution in [3.8, 4) is 0 Å². The molecule has 0 radical (unpaired) electrons. The Kier molecular flexibility index (Phi) is 6.06. The van der Waals surface area contributed by atoms with Crippen LogP contribution in [0.3, 0.4) is 0 Å². The average molecular weight is 291 g/mol. The van der Waals surface area contributed by atoms with E-state index in [0.717, 1.165) is 0 Å². The molecule has 2 amide bonds. The van der Waals surface area contributed by atoms with Gasteiger partial charge < -0.3 is 26.2 Å². The van der Waals surface area contributed by atoms with Crippen LogP contribution in [0.5, 0.6) is 0 Å². The summed E-state index contributed by atoms with van der Waals surface area (Å²) in [6, 6.07) is -1.46. The molecule has 5 N–H and O–H groups in total. The minimum Gasteiger partial charge on any atom is -0.480 e. The number of carboxylic acid groups (broad SMARTS) is 1. The molecule has 1 aliphatic heterocycles. The highest BCUT2D eigenvalue weighted by Gasteiger charge is 2.30. The first-order valence-electron chi connectivity index (χ1n) is 5.76. The lowest BCUT2D eigenvalue weighted by atomic mass is 10.2. The number of nitrogens with one attached hydrogen (secondary N) is 3. The van der Waals surface area contributed by atoms with Crippen molar-refractivity contribution >= 4 is 30.4 Å². The van der Waals surface area contributed by atoms with Crippen LogP contribution in [0.2, 0.25) is 0 Å². The van der Waals surface area contributed by atoms with Crippen LogP contribution >= 0.6 is 12.6 Å². The van der Waals surface area contributed by atoms with Gasteiger partial charge in [-0.15, -0.1) is 0 Å². The lowest BCUT2D eigenvalue weighted by Gasteiger charge is -2.18. The van der Waals surface area contributed by atoms with E-state index in [1.54, 1.807) is 0 Å². The van der Waals surface area contributed by atoms with Crippen LogP contribution in [-0.4, -0.2) is 65.0 Å². The van der Waals surface area contributed by atoms with E-state index in [1.165, 1.54) is 0 Å². The number of thiol groups is 1. The van der Waals surface area contributed by atoms with Gasteiger partial charge in [-0.1, -0.05) is 0 Å². The molecule has 1 heterocycles. The Bertz CT molecular complexity index is 365. The molecule has 8 nitrogen and oxygen atoms in total. The summed E-state index contributed by atoms with van der Waals surface area (Å²) in [5, 5.41) is 25.2. The third-order valence-corrected chi connectivity index (χ3v) is 3.02. The molecule has 0 aromatic heterocycles. The van der Waals surface area contributed by atoms with Crippen molar-refractivity contribution in [3.05, 3.63) is 0 Å². The van der Waals surface area contributed by atoms with Crippen LogP contribution in [0.25, 0.3) is 0 Å². The van der Waals surface area contributed by atoms with Crippen molar-refractivity contribution in [1.29, 1.82) is 0 Å². The van der Waals surface area contributed by atoms with E-state index in [4.69, 9.17) is 5.11 Å². The number of hydrogen-bond acceptors (Lipinski definition) is 6. The second kappa shape index (κ2) is 7.31. The quantitative estimate of drug-likeness (QED) is 0.296. The summed E-state index contributed by atoms with van der Waals surface area (Å²) >= 11 is 3.94. The van der Waals surface area contributed by atoms with Gasteiger partial charge in [-0.25, -0.2) is 0 Å². The number of β-amino-alcohol motifs (C(OH)–C–C–N with tert-alkyl or cyclic N) is 1. The minimum absolute atomic E-state index is 0.0481. The Morgan fingerprint density at radius 3 is 2.58 bits per heavy atom. The zero-order valence-electron chi connectivity index (χ0n) is 10.1. The van der Waals surface area contributed by atoms with E-state index in [-0.39, 0.29) is 12.2 Å². The predicted molar refractivity (Wildman–Crippen MR) is 68.8 cm³/mol. The van der Waals surface area contributed by atoms with E-state index >= 15 is 0 Å². The normalized spacial score (nSPS) is 23.7. The van der Waals surface area contributed by atoms with Crippen molar-refractivity contribution in [3.63, 3.8) is 0 Å². The highest BCUT2D eigenvalue weighted by atomic mass is 32.1. The fourth-order valence-electron chi connectivity index (χ4n) is 1.67. The maximum Gasteiger partial charge on any atom is 0.322 e. The summed E-state index contributed by atoms with van der Waals surface area (Å²) in [5.74, 6) is -2.14. The number of aliphatic hydroxyl groups excluding tert-OH is 1. The number of aliphatic carboxylic acids is 1. The van der Waals surface area contributed by atoms with Gasteiger partial charge in [-0.05, 0) is 6.42 Å². The van der Waals surface area contributed by atoms with Crippen molar-refractivity contribution in [2.75, 3.05) is 18.8 Å². The summed E-state index contributed by atoms with van der Waals surface area (Å²) in [4.78, 5) is 33.7. The molecule has 3 atom stereocenters. The summed E-state index contributed by atoms with van der Waals surface area (Å²) in [7, 11) is 0. The van der Waals surface area contributed by atoms with E-state index in [0.29, 0.717) is 6.54 Å². The van der Waals surface area contributed by atoms with Gasteiger partial charge in [0.15, 0.2) is 0 Å². The Labute approximate surface area is 115 Å². The molecule has 19 heavy (non-hydrogen) atoms. The Morgan fingerprint density at radius 1 is 1.42 bits per heavy atom. The SMILES string of the molecule is O=C(O)CNC(=O)[C@H](CS)NC(=O)[C@@H]1C[C@@H](O)CN1. The third kappa shape index (κ3) is 5.05. The van der Waals surface area contributed by atoms with Gasteiger partial charge in [-0.2, -0.15) is 12.6 Å². The number of amides is 2. The summed E-state index contributed by atoms with van der Waals surface area (Å²) in [6.45, 7) is -0.186. The Balaban J connectivity index is 2.44. The standard InChI is InChI=1S/C10H17N3O5S/c14-5-1-6(11-2-5)10(18)13-7(4-19)9(17)12-3-8(15)16/h5-7,11,14,19H,1-4H2,(H,12,17)(H,13,18)(H,15,16)/t5-,6+,7+/m1/s1. The number of carbonyl (C=O) groups excluding carboxylic acids is 2. The second-order valence-electron chi connectivity index (χ2n) is 4.21. The van der Waals surface area contributed by atoms with Gasteiger partial charge in [-0.3, -0.25) is 14.4 Å². The third-order valence-electron chi connectivity index (χ3n) is 2.65. The summed E-state index contributed by atoms with van der Waals surface area (Å²) < 4.78 is 0. The molecule has 0 aliphatic carbocycles. The minimum atomic E-state index is -1.17. The molecule has 0 bridgehead atoms. The van der Waals surface area contributed by atoms with Gasteiger partial charge in [0.1, 0.15) is 12.6 Å². The smallest absolute Gasteiger partial charge is 0.322 e. The van der Waals surface area contributed by atoms with Gasteiger partial charge in [0, 0.05) is 12.3 Å². The lowest BCUT2D eigenvalue weighted by molar-refractivity contribution is -0.138. The number of carbonyl (C=O) groups is 3. The lowest BCUT2D eigenvalue weighted by Crippen LogP contribution is -2.52. The molecule has 0 unspecified atom stereocenters. The zero-order chi connectivity index (χ0) is 14.4. The van der Waals surface area contributed by atoms with Crippen molar-refractivity contribution in [2.24, 2.45) is 0 Å². The number of hydrogen-bond donors (Lipinski definition) is 6. The fraction of sp³-hybridized carbons (Fsp3) is 0.700. The Morgan fingerprint density at radius 2 is 2.11 bits per heavy atom. The first-order chi connectivity index (χ1) is 8.93. The van der Waals surface area contributed by atoms with E-state index in [1.807, 2.05) is 0 Å². The number of carboxylic acids is 1. The maximum absolute atomic E-state index is 11.8. The first-order valence-corrected chi connectivity index (χ1v) is 6.39. The average Bonchev–Trinajstić information content (AvgIpc) is 2.79. The summed E-state index contributed by atoms with van der Waals surface area (Å²) in [5.41, 5.74) is 0. The predicted octanol–water partition coefficient (Wildman–Crippen LogP) is -2.68. The largest absolute Gasteiger partial charge is 0.480 e. The molecule has 0 aromatic rings. The van der Waals surface area contributed by atoms with Crippen molar-refractivity contribution < 1.29 is 24.6 Å². The molecule has 1 aliphatic rings. The van der Waals surface area contributed by atoms with Crippen molar-refractivity contribution in [2.45, 2.75) is 24.6 Å². The topological polar surface area (TPSA) is 128 Å². The van der Waals surface area contributed by atoms with Crippen LogP contribution in [0.4, 0.5) is 0 Å². The van der Waals surface area contributed by atoms with Crippen LogP contribution < -0.4 is 16.0 Å². The van der Waals surface area contributed by atoms with Gasteiger partial charge in [0.05, 0.1) is 12.1 Å². The molecule has 1 saturated heterocycles. The van der Waals surface area contributed by atoms with Gasteiger partial charge >= 0.3 is 5.97 Å². The molecular weight excluding hydrogens is 274 g/mol. The van der Waals surface area contributed by atoms with Crippen LogP contribution in [0.1, 0.15) is 6.42 Å². The fourth-order valence-corrected chi connectivity index (χ4v) is 1.93. The molecule has 108 valence electrons. The highest BCUT2D eigenvalue weighted by Crippen LogP contribution is 2.06. The molecular formula is C10H17N3O5S.